The summed E-state index contributed by atoms with van der Waals surface area (Å²) >= 11 is 0. The number of ether oxygens (including phenoxy) is 3. The van der Waals surface area contributed by atoms with Crippen molar-refractivity contribution < 1.29 is 19.0 Å². The lowest BCUT2D eigenvalue weighted by molar-refractivity contribution is 0.0734. The van der Waals surface area contributed by atoms with Gasteiger partial charge in [0, 0.05) is 0 Å². The highest BCUT2D eigenvalue weighted by molar-refractivity contribution is 5.91. The van der Waals surface area contributed by atoms with E-state index in [1.54, 1.807) is 30.5 Å². The van der Waals surface area contributed by atoms with Crippen LogP contribution in [0.4, 0.5) is 0 Å². The van der Waals surface area contributed by atoms with Crippen LogP contribution in [0.15, 0.2) is 85.1 Å². The molecule has 0 bridgehead atoms. The SMILES string of the molecule is CCCCCC/C=C/Oc1ccc(-c2ccc(C(=O)Oc3ccc(O[C@@H](C)CCCCCC)cc3)cc2)cc1. The van der Waals surface area contributed by atoms with E-state index in [0.717, 1.165) is 35.5 Å². The predicted octanol–water partition coefficient (Wildman–Crippen LogP) is 10.2. The van der Waals surface area contributed by atoms with E-state index >= 15 is 0 Å². The molecule has 1 atom stereocenters. The van der Waals surface area contributed by atoms with Crippen LogP contribution in [0.25, 0.3) is 11.1 Å². The fraction of sp³-hybridized carbons (Fsp3) is 0.400. The molecule has 3 rings (SSSR count). The van der Waals surface area contributed by atoms with E-state index in [1.807, 2.05) is 48.5 Å². The summed E-state index contributed by atoms with van der Waals surface area (Å²) in [5.74, 6) is 1.71. The molecule has 0 unspecified atom stereocenters. The topological polar surface area (TPSA) is 44.8 Å². The van der Waals surface area contributed by atoms with Crippen LogP contribution in [0, 0.1) is 0 Å². The Morgan fingerprint density at radius 1 is 0.692 bits per heavy atom. The summed E-state index contributed by atoms with van der Waals surface area (Å²) in [5.41, 5.74) is 2.58. The highest BCUT2D eigenvalue weighted by Crippen LogP contribution is 2.24. The Morgan fingerprint density at radius 2 is 1.26 bits per heavy atom. The standard InChI is InChI=1S/C35H44O4/c1-4-6-8-10-11-13-27-37-32-21-19-30(20-22-32)29-15-17-31(18-16-29)35(36)39-34-25-23-33(24-26-34)38-28(3)14-12-9-7-5-2/h13,15-28H,4-12,14H2,1-3H3/b27-13+/t28-/m0/s1. The molecule has 0 N–H and O–H groups in total. The number of hydrogen-bond acceptors (Lipinski definition) is 4. The first-order valence-electron chi connectivity index (χ1n) is 14.6. The van der Waals surface area contributed by atoms with Crippen LogP contribution in [-0.2, 0) is 0 Å². The molecule has 0 spiro atoms. The van der Waals surface area contributed by atoms with Crippen LogP contribution in [0.1, 0.15) is 95.3 Å². The quantitative estimate of drug-likeness (QED) is 0.0756. The molecule has 0 aliphatic carbocycles. The molecule has 0 saturated carbocycles. The summed E-state index contributed by atoms with van der Waals surface area (Å²) in [6, 6.07) is 22.7. The van der Waals surface area contributed by atoms with Crippen LogP contribution < -0.4 is 14.2 Å². The van der Waals surface area contributed by atoms with Gasteiger partial charge in [0.1, 0.15) is 17.2 Å². The number of rotatable bonds is 17. The highest BCUT2D eigenvalue weighted by atomic mass is 16.5. The van der Waals surface area contributed by atoms with E-state index < -0.39 is 0 Å². The largest absolute Gasteiger partial charge is 0.491 e. The van der Waals surface area contributed by atoms with Crippen molar-refractivity contribution in [1.29, 1.82) is 0 Å². The average molecular weight is 529 g/mol. The van der Waals surface area contributed by atoms with E-state index in [-0.39, 0.29) is 12.1 Å². The predicted molar refractivity (Wildman–Crippen MR) is 161 cm³/mol. The third-order valence-electron chi connectivity index (χ3n) is 6.67. The molecule has 0 aromatic heterocycles. The maximum absolute atomic E-state index is 12.7. The molecule has 39 heavy (non-hydrogen) atoms. The number of esters is 1. The van der Waals surface area contributed by atoms with Gasteiger partial charge in [0.15, 0.2) is 0 Å². The molecule has 208 valence electrons. The van der Waals surface area contributed by atoms with Crippen LogP contribution >= 0.6 is 0 Å². The number of unbranched alkanes of at least 4 members (excludes halogenated alkanes) is 7. The lowest BCUT2D eigenvalue weighted by Gasteiger charge is -2.15. The Morgan fingerprint density at radius 3 is 1.90 bits per heavy atom. The van der Waals surface area contributed by atoms with Gasteiger partial charge in [-0.2, -0.15) is 0 Å². The first kappa shape index (κ1) is 30.0. The van der Waals surface area contributed by atoms with Crippen molar-refractivity contribution in [1.82, 2.24) is 0 Å². The normalized spacial score (nSPS) is 11.9. The Bertz CT molecular complexity index is 1110. The van der Waals surface area contributed by atoms with Gasteiger partial charge in [-0.1, -0.05) is 76.6 Å². The van der Waals surface area contributed by atoms with Gasteiger partial charge in [-0.25, -0.2) is 4.79 Å². The summed E-state index contributed by atoms with van der Waals surface area (Å²) in [6.07, 6.45) is 16.1. The maximum atomic E-state index is 12.7. The van der Waals surface area contributed by atoms with E-state index in [9.17, 15) is 4.79 Å². The summed E-state index contributed by atoms with van der Waals surface area (Å²) in [6.45, 7) is 6.54. The molecule has 0 saturated heterocycles. The zero-order chi connectivity index (χ0) is 27.7. The fourth-order valence-electron chi connectivity index (χ4n) is 4.31. The lowest BCUT2D eigenvalue weighted by atomic mass is 10.0. The minimum absolute atomic E-state index is 0.166. The monoisotopic (exact) mass is 528 g/mol. The summed E-state index contributed by atoms with van der Waals surface area (Å²) in [4.78, 5) is 12.7. The molecule has 0 radical (unpaired) electrons. The van der Waals surface area contributed by atoms with Crippen LogP contribution in [0.3, 0.4) is 0 Å². The lowest BCUT2D eigenvalue weighted by Crippen LogP contribution is -2.11. The summed E-state index contributed by atoms with van der Waals surface area (Å²) in [5, 5.41) is 0. The van der Waals surface area contributed by atoms with Gasteiger partial charge in [-0.05, 0) is 98.3 Å². The molecule has 0 heterocycles. The third kappa shape index (κ3) is 11.0. The van der Waals surface area contributed by atoms with Crippen LogP contribution in [0.5, 0.6) is 17.2 Å². The maximum Gasteiger partial charge on any atom is 0.343 e. The zero-order valence-corrected chi connectivity index (χ0v) is 23.9. The molecule has 4 nitrogen and oxygen atoms in total. The summed E-state index contributed by atoms with van der Waals surface area (Å²) in [7, 11) is 0. The second-order valence-corrected chi connectivity index (χ2v) is 10.1. The molecular weight excluding hydrogens is 484 g/mol. The second-order valence-electron chi connectivity index (χ2n) is 10.1. The minimum atomic E-state index is -0.385. The number of allylic oxidation sites excluding steroid dienone is 1. The Balaban J connectivity index is 1.45. The minimum Gasteiger partial charge on any atom is -0.491 e. The molecular formula is C35H44O4. The fourth-order valence-corrected chi connectivity index (χ4v) is 4.31. The molecule has 0 aliphatic heterocycles. The highest BCUT2D eigenvalue weighted by Gasteiger charge is 2.10. The molecule has 4 heteroatoms. The van der Waals surface area contributed by atoms with Gasteiger partial charge >= 0.3 is 5.97 Å². The van der Waals surface area contributed by atoms with E-state index in [2.05, 4.69) is 26.8 Å². The van der Waals surface area contributed by atoms with Crippen molar-refractivity contribution in [2.75, 3.05) is 0 Å². The van der Waals surface area contributed by atoms with Crippen molar-refractivity contribution in [2.45, 2.75) is 91.1 Å². The zero-order valence-electron chi connectivity index (χ0n) is 23.9. The van der Waals surface area contributed by atoms with Gasteiger partial charge in [0.2, 0.25) is 0 Å². The smallest absolute Gasteiger partial charge is 0.343 e. The van der Waals surface area contributed by atoms with E-state index in [1.165, 1.54) is 51.4 Å². The Kier molecular flexibility index (Phi) is 13.2. The molecule has 0 amide bonds. The van der Waals surface area contributed by atoms with Gasteiger partial charge in [0.05, 0.1) is 17.9 Å². The number of hydrogen-bond donors (Lipinski definition) is 0. The van der Waals surface area contributed by atoms with Crippen molar-refractivity contribution in [3.05, 3.63) is 90.7 Å². The molecule has 0 fully saturated rings. The number of carbonyl (C=O) groups excluding carboxylic acids is 1. The van der Waals surface area contributed by atoms with E-state index in [0.29, 0.717) is 11.3 Å². The average Bonchev–Trinajstić information content (AvgIpc) is 2.96. The Labute approximate surface area is 235 Å². The third-order valence-corrected chi connectivity index (χ3v) is 6.67. The van der Waals surface area contributed by atoms with Gasteiger partial charge in [-0.3, -0.25) is 0 Å². The van der Waals surface area contributed by atoms with Crippen molar-refractivity contribution >= 4 is 5.97 Å². The van der Waals surface area contributed by atoms with Crippen LogP contribution in [0.2, 0.25) is 0 Å². The van der Waals surface area contributed by atoms with Gasteiger partial charge in [0.25, 0.3) is 0 Å². The van der Waals surface area contributed by atoms with Crippen molar-refractivity contribution in [3.63, 3.8) is 0 Å². The summed E-state index contributed by atoms with van der Waals surface area (Å²) < 4.78 is 17.3. The number of carbonyl (C=O) groups is 1. The molecule has 0 aliphatic rings. The second kappa shape index (κ2) is 17.1. The van der Waals surface area contributed by atoms with Crippen LogP contribution in [-0.4, -0.2) is 12.1 Å². The first-order chi connectivity index (χ1) is 19.1. The van der Waals surface area contributed by atoms with Crippen molar-refractivity contribution in [3.8, 4) is 28.4 Å². The van der Waals surface area contributed by atoms with Crippen molar-refractivity contribution in [2.24, 2.45) is 0 Å². The molecule has 3 aromatic rings. The van der Waals surface area contributed by atoms with Gasteiger partial charge < -0.3 is 14.2 Å². The van der Waals surface area contributed by atoms with Gasteiger partial charge in [-0.15, -0.1) is 0 Å². The molecule has 3 aromatic carbocycles. The van der Waals surface area contributed by atoms with E-state index in [4.69, 9.17) is 14.2 Å². The number of benzene rings is 3. The Hall–Kier alpha value is -3.53. The first-order valence-corrected chi connectivity index (χ1v) is 14.6.